The zero-order valence-electron chi connectivity index (χ0n) is 16.0. The summed E-state index contributed by atoms with van der Waals surface area (Å²) < 4.78 is 30.6. The first kappa shape index (κ1) is 20.3. The highest BCUT2D eigenvalue weighted by atomic mass is 32.2. The van der Waals surface area contributed by atoms with Crippen LogP contribution in [0.1, 0.15) is 5.56 Å². The predicted molar refractivity (Wildman–Crippen MR) is 111 cm³/mol. The number of anilines is 1. The predicted octanol–water partition coefficient (Wildman–Crippen LogP) is 2.51. The van der Waals surface area contributed by atoms with Crippen molar-refractivity contribution in [2.24, 2.45) is 4.99 Å². The molecule has 0 amide bonds. The van der Waals surface area contributed by atoms with Gasteiger partial charge in [0, 0.05) is 43.9 Å². The lowest BCUT2D eigenvalue weighted by atomic mass is 10.2. The van der Waals surface area contributed by atoms with Crippen LogP contribution >= 0.6 is 0 Å². The molecule has 150 valence electrons. The van der Waals surface area contributed by atoms with E-state index in [9.17, 15) is 8.42 Å². The van der Waals surface area contributed by atoms with Crippen LogP contribution in [-0.2, 0) is 16.4 Å². The van der Waals surface area contributed by atoms with Crippen molar-refractivity contribution < 1.29 is 13.2 Å². The van der Waals surface area contributed by atoms with E-state index in [0.29, 0.717) is 18.3 Å². The van der Waals surface area contributed by atoms with Gasteiger partial charge in [0.05, 0.1) is 23.1 Å². The van der Waals surface area contributed by atoms with E-state index < -0.39 is 9.84 Å². The summed E-state index contributed by atoms with van der Waals surface area (Å²) in [6, 6.07) is 11.8. The summed E-state index contributed by atoms with van der Waals surface area (Å²) in [5.41, 5.74) is 1.77. The van der Waals surface area contributed by atoms with Crippen molar-refractivity contribution in [2.45, 2.75) is 16.3 Å². The van der Waals surface area contributed by atoms with Crippen molar-refractivity contribution in [3.05, 3.63) is 72.8 Å². The zero-order valence-corrected chi connectivity index (χ0v) is 16.8. The summed E-state index contributed by atoms with van der Waals surface area (Å²) in [7, 11) is -0.530. The third-order valence-electron chi connectivity index (χ3n) is 4.09. The Balaban J connectivity index is 1.68. The molecule has 3 aromatic rings. The molecule has 0 aliphatic heterocycles. The molecule has 0 unspecified atom stereocenters. The minimum Gasteiger partial charge on any atom is -0.495 e. The highest BCUT2D eigenvalue weighted by Gasteiger charge is 2.18. The van der Waals surface area contributed by atoms with Crippen LogP contribution in [0, 0.1) is 0 Å². The van der Waals surface area contributed by atoms with E-state index in [1.807, 2.05) is 12.1 Å². The van der Waals surface area contributed by atoms with Crippen molar-refractivity contribution >= 4 is 21.5 Å². The number of aliphatic imine (C=N–C) groups is 1. The van der Waals surface area contributed by atoms with Crippen LogP contribution in [0.5, 0.6) is 5.75 Å². The van der Waals surface area contributed by atoms with Crippen molar-refractivity contribution in [1.29, 1.82) is 0 Å². The van der Waals surface area contributed by atoms with Gasteiger partial charge in [0.25, 0.3) is 0 Å². The topological polar surface area (TPSA) is 106 Å². The standard InChI is InChI=1S/C20H21N5O3S/c1-21-20(25-16-7-9-22-10-8-16)24-12-15-3-5-18(6-4-15)29(26,27)19-11-17(28-2)13-23-14-19/h3-11,13-14H,12H2,1-2H3,(H2,21,22,24,25). The van der Waals surface area contributed by atoms with E-state index in [-0.39, 0.29) is 9.79 Å². The number of methoxy groups -OCH3 is 1. The quantitative estimate of drug-likeness (QED) is 0.474. The van der Waals surface area contributed by atoms with Gasteiger partial charge in [0.15, 0.2) is 5.96 Å². The number of benzene rings is 1. The van der Waals surface area contributed by atoms with E-state index in [1.165, 1.54) is 25.6 Å². The van der Waals surface area contributed by atoms with Gasteiger partial charge < -0.3 is 15.4 Å². The first-order valence-corrected chi connectivity index (χ1v) is 10.2. The molecule has 8 nitrogen and oxygen atoms in total. The SMILES string of the molecule is C/N=C(\NCc1ccc(S(=O)(=O)c2cncc(OC)c2)cc1)Nc1ccncc1. The lowest BCUT2D eigenvalue weighted by molar-refractivity contribution is 0.411. The molecular weight excluding hydrogens is 390 g/mol. The Labute approximate surface area is 169 Å². The minimum absolute atomic E-state index is 0.0877. The average Bonchev–Trinajstić information content (AvgIpc) is 2.77. The molecule has 0 bridgehead atoms. The second kappa shape index (κ2) is 9.16. The summed E-state index contributed by atoms with van der Waals surface area (Å²) >= 11 is 0. The molecule has 3 rings (SSSR count). The van der Waals surface area contributed by atoms with Crippen LogP contribution in [0.4, 0.5) is 5.69 Å². The summed E-state index contributed by atoms with van der Waals surface area (Å²) in [6.07, 6.45) is 6.14. The monoisotopic (exact) mass is 411 g/mol. The van der Waals surface area contributed by atoms with E-state index in [4.69, 9.17) is 4.74 Å². The Morgan fingerprint density at radius 1 is 1.03 bits per heavy atom. The van der Waals surface area contributed by atoms with Crippen molar-refractivity contribution in [1.82, 2.24) is 15.3 Å². The van der Waals surface area contributed by atoms with Gasteiger partial charge in [-0.3, -0.25) is 15.0 Å². The molecule has 0 atom stereocenters. The third kappa shape index (κ3) is 5.08. The first-order valence-electron chi connectivity index (χ1n) is 8.73. The van der Waals surface area contributed by atoms with Crippen LogP contribution in [0.15, 0.2) is 82.0 Å². The number of nitrogens with one attached hydrogen (secondary N) is 2. The molecule has 0 radical (unpaired) electrons. The van der Waals surface area contributed by atoms with Gasteiger partial charge >= 0.3 is 0 Å². The Kier molecular flexibility index (Phi) is 6.40. The Morgan fingerprint density at radius 3 is 2.41 bits per heavy atom. The molecular formula is C20H21N5O3S. The van der Waals surface area contributed by atoms with Crippen molar-refractivity contribution in [3.8, 4) is 5.75 Å². The van der Waals surface area contributed by atoms with E-state index in [2.05, 4.69) is 25.6 Å². The molecule has 9 heteroatoms. The summed E-state index contributed by atoms with van der Waals surface area (Å²) in [5.74, 6) is 0.982. The lowest BCUT2D eigenvalue weighted by Crippen LogP contribution is -2.30. The van der Waals surface area contributed by atoms with Gasteiger partial charge in [0.2, 0.25) is 9.84 Å². The van der Waals surface area contributed by atoms with Crippen LogP contribution < -0.4 is 15.4 Å². The normalized spacial score (nSPS) is 11.7. The Morgan fingerprint density at radius 2 is 1.76 bits per heavy atom. The number of rotatable bonds is 6. The molecule has 0 saturated heterocycles. The maximum atomic E-state index is 12.8. The van der Waals surface area contributed by atoms with Gasteiger partial charge in [-0.2, -0.15) is 0 Å². The fourth-order valence-electron chi connectivity index (χ4n) is 2.52. The first-order chi connectivity index (χ1) is 14.0. The van der Waals surface area contributed by atoms with E-state index >= 15 is 0 Å². The van der Waals surface area contributed by atoms with Gasteiger partial charge in [-0.15, -0.1) is 0 Å². The van der Waals surface area contributed by atoms with Gasteiger partial charge in [-0.1, -0.05) is 12.1 Å². The van der Waals surface area contributed by atoms with Crippen molar-refractivity contribution in [3.63, 3.8) is 0 Å². The minimum atomic E-state index is -3.67. The van der Waals surface area contributed by atoms with Crippen LogP contribution in [0.2, 0.25) is 0 Å². The number of nitrogens with zero attached hydrogens (tertiary/aromatic N) is 3. The fraction of sp³-hybridized carbons (Fsp3) is 0.150. The smallest absolute Gasteiger partial charge is 0.208 e. The van der Waals surface area contributed by atoms with Crippen LogP contribution in [0.25, 0.3) is 0 Å². The molecule has 0 aliphatic carbocycles. The number of aromatic nitrogens is 2. The number of pyridine rings is 2. The molecule has 2 N–H and O–H groups in total. The Hall–Kier alpha value is -3.46. The van der Waals surface area contributed by atoms with Crippen molar-refractivity contribution in [2.75, 3.05) is 19.5 Å². The van der Waals surface area contributed by atoms with Gasteiger partial charge in [-0.25, -0.2) is 8.42 Å². The number of hydrogen-bond donors (Lipinski definition) is 2. The number of hydrogen-bond acceptors (Lipinski definition) is 6. The van der Waals surface area contributed by atoms with Gasteiger partial charge in [0.1, 0.15) is 5.75 Å². The fourth-order valence-corrected chi connectivity index (χ4v) is 3.75. The molecule has 0 fully saturated rings. The molecule has 0 saturated carbocycles. The Bertz CT molecular complexity index is 1080. The third-order valence-corrected chi connectivity index (χ3v) is 5.83. The second-order valence-corrected chi connectivity index (χ2v) is 7.94. The number of guanidine groups is 1. The van der Waals surface area contributed by atoms with E-state index in [0.717, 1.165) is 11.3 Å². The number of sulfone groups is 1. The average molecular weight is 411 g/mol. The maximum Gasteiger partial charge on any atom is 0.208 e. The molecule has 2 heterocycles. The van der Waals surface area contributed by atoms with E-state index in [1.54, 1.807) is 43.7 Å². The molecule has 0 spiro atoms. The summed E-state index contributed by atoms with van der Waals surface area (Å²) in [6.45, 7) is 0.478. The molecule has 0 aliphatic rings. The highest BCUT2D eigenvalue weighted by Crippen LogP contribution is 2.23. The lowest BCUT2D eigenvalue weighted by Gasteiger charge is -2.12. The van der Waals surface area contributed by atoms with Crippen LogP contribution in [0.3, 0.4) is 0 Å². The zero-order chi connectivity index (χ0) is 20.7. The molecule has 2 aromatic heterocycles. The second-order valence-electron chi connectivity index (χ2n) is 5.99. The summed E-state index contributed by atoms with van der Waals surface area (Å²) in [4.78, 5) is 12.3. The van der Waals surface area contributed by atoms with Crippen LogP contribution in [-0.4, -0.2) is 38.5 Å². The van der Waals surface area contributed by atoms with Gasteiger partial charge in [-0.05, 0) is 29.8 Å². The summed E-state index contributed by atoms with van der Waals surface area (Å²) in [5, 5.41) is 6.33. The highest BCUT2D eigenvalue weighted by molar-refractivity contribution is 7.91. The molecule has 1 aromatic carbocycles. The number of ether oxygens (including phenoxy) is 1. The maximum absolute atomic E-state index is 12.8. The largest absolute Gasteiger partial charge is 0.495 e. The molecule has 29 heavy (non-hydrogen) atoms.